The van der Waals surface area contributed by atoms with Gasteiger partial charge in [0, 0.05) is 12.6 Å². The van der Waals surface area contributed by atoms with Gasteiger partial charge in [-0.05, 0) is 31.9 Å². The highest BCUT2D eigenvalue weighted by molar-refractivity contribution is 14.0. The number of nitrogens with zero attached hydrogens (tertiary/aromatic N) is 1. The number of ether oxygens (including phenoxy) is 1. The van der Waals surface area contributed by atoms with Crippen LogP contribution in [-0.2, 0) is 0 Å². The van der Waals surface area contributed by atoms with Gasteiger partial charge in [0.2, 0.25) is 0 Å². The molecule has 1 fully saturated rings. The summed E-state index contributed by atoms with van der Waals surface area (Å²) in [7, 11) is 0. The van der Waals surface area contributed by atoms with Gasteiger partial charge in [-0.1, -0.05) is 18.2 Å². The molecule has 0 radical (unpaired) electrons. The van der Waals surface area contributed by atoms with E-state index in [1.54, 1.807) is 0 Å². The van der Waals surface area contributed by atoms with Crippen LogP contribution < -0.4 is 15.4 Å². The summed E-state index contributed by atoms with van der Waals surface area (Å²) >= 11 is 0. The van der Waals surface area contributed by atoms with Gasteiger partial charge >= 0.3 is 0 Å². The van der Waals surface area contributed by atoms with Gasteiger partial charge in [0.25, 0.3) is 0 Å². The summed E-state index contributed by atoms with van der Waals surface area (Å²) in [6.07, 6.45) is 2.51. The lowest BCUT2D eigenvalue weighted by Gasteiger charge is -2.10. The Morgan fingerprint density at radius 2 is 2.05 bits per heavy atom. The first-order valence-corrected chi connectivity index (χ1v) is 6.61. The second-order valence-electron chi connectivity index (χ2n) is 4.34. The van der Waals surface area contributed by atoms with Crippen molar-refractivity contribution in [3.63, 3.8) is 0 Å². The second kappa shape index (κ2) is 9.01. The molecule has 1 saturated carbocycles. The molecule has 19 heavy (non-hydrogen) atoms. The lowest BCUT2D eigenvalue weighted by atomic mass is 10.3. The van der Waals surface area contributed by atoms with Crippen molar-refractivity contribution in [3.8, 4) is 5.75 Å². The summed E-state index contributed by atoms with van der Waals surface area (Å²) in [6.45, 7) is 4.23. The van der Waals surface area contributed by atoms with E-state index in [1.165, 1.54) is 12.8 Å². The maximum Gasteiger partial charge on any atom is 0.191 e. The monoisotopic (exact) mass is 375 g/mol. The predicted molar refractivity (Wildman–Crippen MR) is 89.5 cm³/mol. The molecule has 0 amide bonds. The summed E-state index contributed by atoms with van der Waals surface area (Å²) in [4.78, 5) is 4.48. The first kappa shape index (κ1) is 16.1. The molecule has 0 aromatic heterocycles. The van der Waals surface area contributed by atoms with Crippen LogP contribution in [0, 0.1) is 0 Å². The van der Waals surface area contributed by atoms with Crippen LogP contribution in [0.5, 0.6) is 5.75 Å². The average Bonchev–Trinajstić information content (AvgIpc) is 3.20. The van der Waals surface area contributed by atoms with Gasteiger partial charge < -0.3 is 15.4 Å². The Bertz CT molecular complexity index is 380. The van der Waals surface area contributed by atoms with Gasteiger partial charge in [0.05, 0.1) is 6.54 Å². The van der Waals surface area contributed by atoms with Crippen LogP contribution in [0.2, 0.25) is 0 Å². The number of para-hydroxylation sites is 1. The Balaban J connectivity index is 0.00000180. The highest BCUT2D eigenvalue weighted by Crippen LogP contribution is 2.18. The molecule has 2 N–H and O–H groups in total. The third-order valence-electron chi connectivity index (χ3n) is 2.64. The number of halogens is 1. The van der Waals surface area contributed by atoms with Crippen LogP contribution in [0.15, 0.2) is 35.3 Å². The molecule has 0 saturated heterocycles. The SMILES string of the molecule is CCNC(=NCCOc1ccccc1)NC1CC1.I. The van der Waals surface area contributed by atoms with Gasteiger partial charge in [-0.25, -0.2) is 4.99 Å². The van der Waals surface area contributed by atoms with E-state index in [0.717, 1.165) is 18.3 Å². The van der Waals surface area contributed by atoms with Crippen LogP contribution in [0.25, 0.3) is 0 Å². The zero-order valence-electron chi connectivity index (χ0n) is 11.3. The van der Waals surface area contributed by atoms with Gasteiger partial charge in [0.15, 0.2) is 5.96 Å². The van der Waals surface area contributed by atoms with Crippen molar-refractivity contribution in [2.24, 2.45) is 4.99 Å². The maximum absolute atomic E-state index is 5.59. The maximum atomic E-state index is 5.59. The molecule has 1 aromatic carbocycles. The van der Waals surface area contributed by atoms with Crippen molar-refractivity contribution in [3.05, 3.63) is 30.3 Å². The Morgan fingerprint density at radius 3 is 2.68 bits per heavy atom. The molecule has 0 bridgehead atoms. The molecular weight excluding hydrogens is 353 g/mol. The molecule has 0 unspecified atom stereocenters. The normalized spacial score (nSPS) is 14.5. The van der Waals surface area contributed by atoms with E-state index in [1.807, 2.05) is 30.3 Å². The topological polar surface area (TPSA) is 45.7 Å². The number of benzene rings is 1. The Kier molecular flexibility index (Phi) is 7.62. The molecule has 1 aliphatic rings. The Labute approximate surface area is 132 Å². The zero-order chi connectivity index (χ0) is 12.6. The van der Waals surface area contributed by atoms with Crippen molar-refractivity contribution >= 4 is 29.9 Å². The summed E-state index contributed by atoms with van der Waals surface area (Å²) in [5.74, 6) is 1.80. The number of aliphatic imine (C=N–C) groups is 1. The van der Waals surface area contributed by atoms with Crippen molar-refractivity contribution in [2.45, 2.75) is 25.8 Å². The number of hydrogen-bond acceptors (Lipinski definition) is 2. The Hall–Kier alpha value is -0.980. The lowest BCUT2D eigenvalue weighted by Crippen LogP contribution is -2.38. The first-order chi connectivity index (χ1) is 8.88. The molecule has 0 heterocycles. The number of nitrogens with one attached hydrogen (secondary N) is 2. The molecule has 2 rings (SSSR count). The fourth-order valence-corrected chi connectivity index (χ4v) is 1.58. The van der Waals surface area contributed by atoms with Crippen LogP contribution in [0.1, 0.15) is 19.8 Å². The van der Waals surface area contributed by atoms with Crippen LogP contribution in [0.3, 0.4) is 0 Å². The molecule has 0 aliphatic heterocycles. The predicted octanol–water partition coefficient (Wildman–Crippen LogP) is 2.40. The molecule has 5 heteroatoms. The summed E-state index contributed by atoms with van der Waals surface area (Å²) in [6, 6.07) is 10.5. The standard InChI is InChI=1S/C14H21N3O.HI/c1-2-15-14(17-12-8-9-12)16-10-11-18-13-6-4-3-5-7-13;/h3-7,12H,2,8-11H2,1H3,(H2,15,16,17);1H. The van der Waals surface area contributed by atoms with Gasteiger partial charge in [-0.15, -0.1) is 24.0 Å². The minimum atomic E-state index is 0. The second-order valence-corrected chi connectivity index (χ2v) is 4.34. The van der Waals surface area contributed by atoms with E-state index < -0.39 is 0 Å². The van der Waals surface area contributed by atoms with Crippen LogP contribution >= 0.6 is 24.0 Å². The van der Waals surface area contributed by atoms with Crippen molar-refractivity contribution in [1.29, 1.82) is 0 Å². The molecule has 1 aliphatic carbocycles. The van der Waals surface area contributed by atoms with E-state index in [9.17, 15) is 0 Å². The number of guanidine groups is 1. The van der Waals surface area contributed by atoms with Gasteiger partial charge in [-0.3, -0.25) is 0 Å². The quantitative estimate of drug-likeness (QED) is 0.348. The molecular formula is C14H22IN3O. The average molecular weight is 375 g/mol. The molecule has 0 atom stereocenters. The minimum Gasteiger partial charge on any atom is -0.492 e. The van der Waals surface area contributed by atoms with Crippen molar-refractivity contribution < 1.29 is 4.74 Å². The van der Waals surface area contributed by atoms with Crippen LogP contribution in [-0.4, -0.2) is 31.7 Å². The smallest absolute Gasteiger partial charge is 0.191 e. The minimum absolute atomic E-state index is 0. The van der Waals surface area contributed by atoms with E-state index in [0.29, 0.717) is 19.2 Å². The Morgan fingerprint density at radius 1 is 1.32 bits per heavy atom. The summed E-state index contributed by atoms with van der Waals surface area (Å²) in [5, 5.41) is 6.61. The zero-order valence-corrected chi connectivity index (χ0v) is 13.6. The van der Waals surface area contributed by atoms with E-state index >= 15 is 0 Å². The molecule has 106 valence electrons. The fraction of sp³-hybridized carbons (Fsp3) is 0.500. The third kappa shape index (κ3) is 6.66. The largest absolute Gasteiger partial charge is 0.492 e. The van der Waals surface area contributed by atoms with Crippen molar-refractivity contribution in [1.82, 2.24) is 10.6 Å². The lowest BCUT2D eigenvalue weighted by molar-refractivity contribution is 0.328. The number of rotatable bonds is 6. The van der Waals surface area contributed by atoms with E-state index in [-0.39, 0.29) is 24.0 Å². The summed E-state index contributed by atoms with van der Waals surface area (Å²) < 4.78 is 5.59. The van der Waals surface area contributed by atoms with Gasteiger partial charge in [0.1, 0.15) is 12.4 Å². The fourth-order valence-electron chi connectivity index (χ4n) is 1.58. The molecule has 4 nitrogen and oxygen atoms in total. The summed E-state index contributed by atoms with van der Waals surface area (Å²) in [5.41, 5.74) is 0. The highest BCUT2D eigenvalue weighted by atomic mass is 127. The van der Waals surface area contributed by atoms with Crippen LogP contribution in [0.4, 0.5) is 0 Å². The molecule has 1 aromatic rings. The third-order valence-corrected chi connectivity index (χ3v) is 2.64. The molecule has 0 spiro atoms. The van der Waals surface area contributed by atoms with Crippen molar-refractivity contribution in [2.75, 3.05) is 19.7 Å². The van der Waals surface area contributed by atoms with E-state index in [2.05, 4.69) is 22.5 Å². The highest BCUT2D eigenvalue weighted by Gasteiger charge is 2.21. The first-order valence-electron chi connectivity index (χ1n) is 6.61. The van der Waals surface area contributed by atoms with E-state index in [4.69, 9.17) is 4.74 Å². The van der Waals surface area contributed by atoms with Gasteiger partial charge in [-0.2, -0.15) is 0 Å². The number of hydrogen-bond donors (Lipinski definition) is 2.